The summed E-state index contributed by atoms with van der Waals surface area (Å²) in [6.45, 7) is 2.66. The summed E-state index contributed by atoms with van der Waals surface area (Å²) in [5.74, 6) is 2.64. The standard InChI is InChI=1S/C15H26N2O2/c1-3-19-14(18)10-17(2)16-15-7-11-4-12(8-15)6-13(5-11)9-15/h11-13,16H,3-10H2,1-2H3. The number of hydrazine groups is 1. The van der Waals surface area contributed by atoms with Gasteiger partial charge in [-0.3, -0.25) is 4.79 Å². The van der Waals surface area contributed by atoms with Crippen LogP contribution in [0.2, 0.25) is 0 Å². The lowest BCUT2D eigenvalue weighted by Gasteiger charge is -2.57. The summed E-state index contributed by atoms with van der Waals surface area (Å²) in [6, 6.07) is 0. The molecule has 4 aliphatic rings. The molecule has 0 amide bonds. The molecule has 0 radical (unpaired) electrons. The monoisotopic (exact) mass is 266 g/mol. The molecular formula is C15H26N2O2. The van der Waals surface area contributed by atoms with Crippen molar-refractivity contribution >= 4 is 5.97 Å². The molecule has 4 bridgehead atoms. The Morgan fingerprint density at radius 3 is 2.21 bits per heavy atom. The van der Waals surface area contributed by atoms with Gasteiger partial charge in [-0.25, -0.2) is 10.4 Å². The zero-order valence-electron chi connectivity index (χ0n) is 12.2. The highest BCUT2D eigenvalue weighted by molar-refractivity contribution is 5.71. The molecule has 4 aliphatic carbocycles. The summed E-state index contributed by atoms with van der Waals surface area (Å²) in [7, 11) is 1.97. The molecule has 0 unspecified atom stereocenters. The molecular weight excluding hydrogens is 240 g/mol. The highest BCUT2D eigenvalue weighted by Crippen LogP contribution is 2.55. The third-order valence-corrected chi connectivity index (χ3v) is 5.14. The Labute approximate surface area is 115 Å². The first-order valence-electron chi connectivity index (χ1n) is 7.73. The molecule has 4 heteroatoms. The summed E-state index contributed by atoms with van der Waals surface area (Å²) < 4.78 is 5.01. The summed E-state index contributed by atoms with van der Waals surface area (Å²) in [5, 5.41) is 1.95. The number of carbonyl (C=O) groups is 1. The van der Waals surface area contributed by atoms with Gasteiger partial charge in [0.25, 0.3) is 0 Å². The molecule has 108 valence electrons. The SMILES string of the molecule is CCOC(=O)CN(C)NC12CC3CC(CC(C3)C1)C2. The molecule has 0 saturated heterocycles. The van der Waals surface area contributed by atoms with Crippen molar-refractivity contribution in [2.45, 2.75) is 51.0 Å². The number of hydrogen-bond donors (Lipinski definition) is 1. The van der Waals surface area contributed by atoms with Crippen LogP contribution >= 0.6 is 0 Å². The van der Waals surface area contributed by atoms with Gasteiger partial charge in [-0.15, -0.1) is 0 Å². The van der Waals surface area contributed by atoms with E-state index in [2.05, 4.69) is 5.43 Å². The fourth-order valence-electron chi connectivity index (χ4n) is 5.09. The largest absolute Gasteiger partial charge is 0.465 e. The van der Waals surface area contributed by atoms with E-state index in [9.17, 15) is 4.79 Å². The van der Waals surface area contributed by atoms with E-state index in [1.54, 1.807) is 0 Å². The quantitative estimate of drug-likeness (QED) is 0.610. The first kappa shape index (κ1) is 13.4. The fourth-order valence-corrected chi connectivity index (χ4v) is 5.09. The van der Waals surface area contributed by atoms with Gasteiger partial charge in [-0.2, -0.15) is 0 Å². The molecule has 4 nitrogen and oxygen atoms in total. The second-order valence-electron chi connectivity index (χ2n) is 6.97. The minimum atomic E-state index is -0.137. The number of likely N-dealkylation sites (N-methyl/N-ethyl adjacent to an activating group) is 1. The van der Waals surface area contributed by atoms with Crippen LogP contribution in [-0.4, -0.2) is 36.7 Å². The maximum absolute atomic E-state index is 11.5. The second-order valence-corrected chi connectivity index (χ2v) is 6.97. The predicted molar refractivity (Wildman–Crippen MR) is 73.3 cm³/mol. The van der Waals surface area contributed by atoms with E-state index in [-0.39, 0.29) is 11.5 Å². The Bertz CT molecular complexity index is 321. The van der Waals surface area contributed by atoms with Crippen LogP contribution in [0.15, 0.2) is 0 Å². The zero-order valence-corrected chi connectivity index (χ0v) is 12.2. The fraction of sp³-hybridized carbons (Fsp3) is 0.933. The maximum atomic E-state index is 11.5. The third kappa shape index (κ3) is 2.79. The van der Waals surface area contributed by atoms with Crippen LogP contribution in [0.5, 0.6) is 0 Å². The summed E-state index contributed by atoms with van der Waals surface area (Å²) in [5.41, 5.74) is 3.92. The topological polar surface area (TPSA) is 41.6 Å². The molecule has 0 atom stereocenters. The Hall–Kier alpha value is -0.610. The van der Waals surface area contributed by atoms with Crippen molar-refractivity contribution in [2.75, 3.05) is 20.2 Å². The van der Waals surface area contributed by atoms with Gasteiger partial charge in [0.05, 0.1) is 6.61 Å². The minimum Gasteiger partial charge on any atom is -0.465 e. The summed E-state index contributed by atoms with van der Waals surface area (Å²) >= 11 is 0. The van der Waals surface area contributed by atoms with Gasteiger partial charge < -0.3 is 4.74 Å². The minimum absolute atomic E-state index is 0.137. The van der Waals surface area contributed by atoms with E-state index >= 15 is 0 Å². The van der Waals surface area contributed by atoms with E-state index in [1.165, 1.54) is 38.5 Å². The van der Waals surface area contributed by atoms with Crippen molar-refractivity contribution in [3.63, 3.8) is 0 Å². The number of nitrogens with one attached hydrogen (secondary N) is 1. The smallest absolute Gasteiger partial charge is 0.321 e. The van der Waals surface area contributed by atoms with Crippen LogP contribution in [0.4, 0.5) is 0 Å². The van der Waals surface area contributed by atoms with E-state index < -0.39 is 0 Å². The van der Waals surface area contributed by atoms with E-state index in [1.807, 2.05) is 19.0 Å². The Balaban J connectivity index is 1.58. The molecule has 0 spiro atoms. The van der Waals surface area contributed by atoms with Crippen LogP contribution in [0.25, 0.3) is 0 Å². The van der Waals surface area contributed by atoms with E-state index in [0.717, 1.165) is 17.8 Å². The normalized spacial score (nSPS) is 39.8. The molecule has 0 aromatic rings. The molecule has 0 aliphatic heterocycles. The molecule has 4 rings (SSSR count). The zero-order chi connectivity index (χ0) is 13.5. The van der Waals surface area contributed by atoms with Gasteiger partial charge in [0.15, 0.2) is 0 Å². The first-order valence-corrected chi connectivity index (χ1v) is 7.73. The average Bonchev–Trinajstić information content (AvgIpc) is 2.25. The number of carbonyl (C=O) groups excluding carboxylic acids is 1. The van der Waals surface area contributed by atoms with Crippen LogP contribution in [-0.2, 0) is 9.53 Å². The van der Waals surface area contributed by atoms with Crippen molar-refractivity contribution < 1.29 is 9.53 Å². The highest BCUT2D eigenvalue weighted by atomic mass is 16.5. The number of rotatable bonds is 5. The van der Waals surface area contributed by atoms with Crippen molar-refractivity contribution in [1.82, 2.24) is 10.4 Å². The molecule has 0 aromatic heterocycles. The third-order valence-electron chi connectivity index (χ3n) is 5.14. The van der Waals surface area contributed by atoms with Gasteiger partial charge in [-0.1, -0.05) is 0 Å². The maximum Gasteiger partial charge on any atom is 0.321 e. The van der Waals surface area contributed by atoms with Crippen molar-refractivity contribution in [3.8, 4) is 0 Å². The molecule has 4 saturated carbocycles. The van der Waals surface area contributed by atoms with E-state index in [4.69, 9.17) is 4.74 Å². The average molecular weight is 266 g/mol. The highest BCUT2D eigenvalue weighted by Gasteiger charge is 2.51. The lowest BCUT2D eigenvalue weighted by atomic mass is 9.53. The van der Waals surface area contributed by atoms with Crippen molar-refractivity contribution in [3.05, 3.63) is 0 Å². The lowest BCUT2D eigenvalue weighted by molar-refractivity contribution is -0.146. The number of hydrogen-bond acceptors (Lipinski definition) is 4. The lowest BCUT2D eigenvalue weighted by Crippen LogP contribution is -2.62. The Morgan fingerprint density at radius 2 is 1.74 bits per heavy atom. The number of ether oxygens (including phenoxy) is 1. The molecule has 0 aromatic carbocycles. The van der Waals surface area contributed by atoms with Gasteiger partial charge in [0.1, 0.15) is 6.54 Å². The van der Waals surface area contributed by atoms with Gasteiger partial charge in [-0.05, 0) is 63.2 Å². The van der Waals surface area contributed by atoms with Gasteiger partial charge >= 0.3 is 5.97 Å². The Morgan fingerprint density at radius 1 is 1.21 bits per heavy atom. The molecule has 4 fully saturated rings. The molecule has 19 heavy (non-hydrogen) atoms. The summed E-state index contributed by atoms with van der Waals surface area (Å²) in [4.78, 5) is 11.5. The van der Waals surface area contributed by atoms with Crippen LogP contribution in [0.3, 0.4) is 0 Å². The van der Waals surface area contributed by atoms with Crippen LogP contribution in [0.1, 0.15) is 45.4 Å². The summed E-state index contributed by atoms with van der Waals surface area (Å²) in [6.07, 6.45) is 8.23. The number of esters is 1. The first-order chi connectivity index (χ1) is 9.08. The van der Waals surface area contributed by atoms with E-state index in [0.29, 0.717) is 13.2 Å². The van der Waals surface area contributed by atoms with Gasteiger partial charge in [0.2, 0.25) is 0 Å². The predicted octanol–water partition coefficient (Wildman–Crippen LogP) is 1.95. The molecule has 0 heterocycles. The van der Waals surface area contributed by atoms with Crippen LogP contribution < -0.4 is 5.43 Å². The molecule has 1 N–H and O–H groups in total. The Kier molecular flexibility index (Phi) is 3.56. The second kappa shape index (κ2) is 5.06. The van der Waals surface area contributed by atoms with Crippen molar-refractivity contribution in [1.29, 1.82) is 0 Å². The number of nitrogens with zero attached hydrogens (tertiary/aromatic N) is 1. The van der Waals surface area contributed by atoms with Gasteiger partial charge in [0, 0.05) is 12.6 Å². The van der Waals surface area contributed by atoms with Crippen LogP contribution in [0, 0.1) is 17.8 Å². The van der Waals surface area contributed by atoms with Crippen molar-refractivity contribution in [2.24, 2.45) is 17.8 Å².